The molecule has 0 aromatic heterocycles. The summed E-state index contributed by atoms with van der Waals surface area (Å²) in [6.45, 7) is 2.34. The van der Waals surface area contributed by atoms with Crippen molar-refractivity contribution in [1.82, 2.24) is 0 Å². The summed E-state index contributed by atoms with van der Waals surface area (Å²) < 4.78 is 0. The van der Waals surface area contributed by atoms with E-state index in [1.165, 1.54) is 57.8 Å². The van der Waals surface area contributed by atoms with Gasteiger partial charge in [0.25, 0.3) is 0 Å². The minimum atomic E-state index is 0.401. The molecule has 3 N–H and O–H groups in total. The molecule has 17 heavy (non-hydrogen) atoms. The molecule has 0 unspecified atom stereocenters. The van der Waals surface area contributed by atoms with Crippen LogP contribution in [0.5, 0.6) is 0 Å². The van der Waals surface area contributed by atoms with Crippen LogP contribution < -0.4 is 5.73 Å². The van der Waals surface area contributed by atoms with Crippen LogP contribution in [-0.4, -0.2) is 5.84 Å². The normalized spacial score (nSPS) is 38.9. The molecule has 0 aliphatic heterocycles. The highest BCUT2D eigenvalue weighted by molar-refractivity contribution is 5.79. The van der Waals surface area contributed by atoms with Crippen molar-refractivity contribution in [3.63, 3.8) is 0 Å². The zero-order valence-electron chi connectivity index (χ0n) is 11.3. The largest absolute Gasteiger partial charge is 0.387 e. The molecule has 0 radical (unpaired) electrons. The molecule has 0 atom stereocenters. The van der Waals surface area contributed by atoms with Crippen molar-refractivity contribution in [2.45, 2.75) is 64.7 Å². The van der Waals surface area contributed by atoms with E-state index in [0.717, 1.165) is 17.8 Å². The Hall–Kier alpha value is -0.530. The molecule has 0 aromatic carbocycles. The first-order valence-corrected chi connectivity index (χ1v) is 7.54. The summed E-state index contributed by atoms with van der Waals surface area (Å²) in [4.78, 5) is 0. The Morgan fingerprint density at radius 1 is 0.941 bits per heavy atom. The topological polar surface area (TPSA) is 49.9 Å². The Morgan fingerprint density at radius 2 is 1.41 bits per heavy atom. The van der Waals surface area contributed by atoms with Crippen molar-refractivity contribution < 1.29 is 0 Å². The maximum Gasteiger partial charge on any atom is 0.0936 e. The third-order valence-electron chi connectivity index (χ3n) is 5.35. The predicted molar refractivity (Wildman–Crippen MR) is 73.1 cm³/mol. The van der Waals surface area contributed by atoms with Gasteiger partial charge in [-0.2, -0.15) is 0 Å². The van der Waals surface area contributed by atoms with Gasteiger partial charge in [-0.05, 0) is 56.3 Å². The molecule has 98 valence electrons. The Balaban J connectivity index is 1.76. The molecular weight excluding hydrogens is 208 g/mol. The fourth-order valence-corrected chi connectivity index (χ4v) is 3.97. The average molecular weight is 236 g/mol. The van der Waals surface area contributed by atoms with Crippen LogP contribution >= 0.6 is 0 Å². The molecule has 0 amide bonds. The lowest BCUT2D eigenvalue weighted by molar-refractivity contribution is 0.157. The Kier molecular flexibility index (Phi) is 4.47. The summed E-state index contributed by atoms with van der Waals surface area (Å²) in [6.07, 6.45) is 12.2. The molecular formula is C15H28N2. The van der Waals surface area contributed by atoms with Crippen molar-refractivity contribution in [1.29, 1.82) is 5.41 Å². The lowest BCUT2D eigenvalue weighted by Gasteiger charge is -2.37. The van der Waals surface area contributed by atoms with Crippen LogP contribution in [0, 0.1) is 29.1 Å². The van der Waals surface area contributed by atoms with Crippen molar-refractivity contribution in [2.24, 2.45) is 29.4 Å². The smallest absolute Gasteiger partial charge is 0.0936 e. The van der Waals surface area contributed by atoms with Crippen LogP contribution in [0.25, 0.3) is 0 Å². The second-order valence-corrected chi connectivity index (χ2v) is 6.26. The minimum Gasteiger partial charge on any atom is -0.387 e. The van der Waals surface area contributed by atoms with Crippen LogP contribution in [0.1, 0.15) is 64.7 Å². The summed E-state index contributed by atoms with van der Waals surface area (Å²) in [6, 6.07) is 0. The molecule has 0 aromatic rings. The second kappa shape index (κ2) is 5.88. The minimum absolute atomic E-state index is 0.401. The molecule has 2 saturated carbocycles. The van der Waals surface area contributed by atoms with E-state index < -0.39 is 0 Å². The van der Waals surface area contributed by atoms with Gasteiger partial charge >= 0.3 is 0 Å². The van der Waals surface area contributed by atoms with E-state index >= 15 is 0 Å². The standard InChI is InChI=1S/C15H28N2/c1-2-11-3-5-12(6-4-11)13-7-9-14(10-8-13)15(16)17/h11-14H,2-10H2,1H3,(H3,16,17). The summed E-state index contributed by atoms with van der Waals surface area (Å²) in [5.41, 5.74) is 5.61. The average Bonchev–Trinajstić information content (AvgIpc) is 2.39. The second-order valence-electron chi connectivity index (χ2n) is 6.26. The molecule has 2 fully saturated rings. The predicted octanol–water partition coefficient (Wildman–Crippen LogP) is 3.95. The van der Waals surface area contributed by atoms with Gasteiger partial charge in [0.05, 0.1) is 5.84 Å². The molecule has 2 heteroatoms. The van der Waals surface area contributed by atoms with Gasteiger partial charge in [-0.15, -0.1) is 0 Å². The summed E-state index contributed by atoms with van der Waals surface area (Å²) in [7, 11) is 0. The number of rotatable bonds is 3. The Labute approximate surface area is 106 Å². The summed E-state index contributed by atoms with van der Waals surface area (Å²) >= 11 is 0. The van der Waals surface area contributed by atoms with Gasteiger partial charge in [-0.25, -0.2) is 0 Å². The Bertz CT molecular complexity index is 246. The number of amidine groups is 1. The molecule has 0 saturated heterocycles. The molecule has 0 bridgehead atoms. The van der Waals surface area contributed by atoms with Crippen molar-refractivity contribution in [2.75, 3.05) is 0 Å². The third kappa shape index (κ3) is 3.23. The highest BCUT2D eigenvalue weighted by Gasteiger charge is 2.31. The van der Waals surface area contributed by atoms with E-state index in [2.05, 4.69) is 6.92 Å². The van der Waals surface area contributed by atoms with Gasteiger partial charge in [0.15, 0.2) is 0 Å². The zero-order chi connectivity index (χ0) is 12.3. The van der Waals surface area contributed by atoms with Gasteiger partial charge in [0.1, 0.15) is 0 Å². The monoisotopic (exact) mass is 236 g/mol. The number of hydrogen-bond acceptors (Lipinski definition) is 1. The van der Waals surface area contributed by atoms with Crippen molar-refractivity contribution >= 4 is 5.84 Å². The van der Waals surface area contributed by atoms with Crippen LogP contribution in [-0.2, 0) is 0 Å². The molecule has 2 aliphatic rings. The highest BCUT2D eigenvalue weighted by atomic mass is 14.7. The van der Waals surface area contributed by atoms with Gasteiger partial charge in [-0.1, -0.05) is 26.2 Å². The number of hydrogen-bond donors (Lipinski definition) is 2. The molecule has 0 heterocycles. The lowest BCUT2D eigenvalue weighted by Crippen LogP contribution is -2.30. The first kappa shape index (κ1) is 12.9. The Morgan fingerprint density at radius 3 is 1.82 bits per heavy atom. The van der Waals surface area contributed by atoms with Crippen molar-refractivity contribution in [3.05, 3.63) is 0 Å². The maximum absolute atomic E-state index is 7.53. The summed E-state index contributed by atoms with van der Waals surface area (Å²) in [5.74, 6) is 3.78. The van der Waals surface area contributed by atoms with Crippen LogP contribution in [0.4, 0.5) is 0 Å². The highest BCUT2D eigenvalue weighted by Crippen LogP contribution is 2.41. The van der Waals surface area contributed by atoms with Gasteiger partial charge < -0.3 is 5.73 Å². The van der Waals surface area contributed by atoms with E-state index in [1.807, 2.05) is 0 Å². The third-order valence-corrected chi connectivity index (χ3v) is 5.35. The molecule has 2 nitrogen and oxygen atoms in total. The van der Waals surface area contributed by atoms with Gasteiger partial charge in [-0.3, -0.25) is 5.41 Å². The van der Waals surface area contributed by atoms with Crippen LogP contribution in [0.15, 0.2) is 0 Å². The lowest BCUT2D eigenvalue weighted by atomic mass is 9.69. The molecule has 2 aliphatic carbocycles. The number of nitrogens with two attached hydrogens (primary N) is 1. The SMILES string of the molecule is CCC1CCC(C2CCC(C(=N)N)CC2)CC1. The summed E-state index contributed by atoms with van der Waals surface area (Å²) in [5, 5.41) is 7.53. The van der Waals surface area contributed by atoms with Crippen LogP contribution in [0.2, 0.25) is 0 Å². The van der Waals surface area contributed by atoms with Crippen molar-refractivity contribution in [3.8, 4) is 0 Å². The molecule has 2 rings (SSSR count). The quantitative estimate of drug-likeness (QED) is 0.566. The fourth-order valence-electron chi connectivity index (χ4n) is 3.97. The van der Waals surface area contributed by atoms with E-state index in [4.69, 9.17) is 11.1 Å². The zero-order valence-corrected chi connectivity index (χ0v) is 11.3. The first-order chi connectivity index (χ1) is 8.20. The van der Waals surface area contributed by atoms with E-state index in [-0.39, 0.29) is 0 Å². The first-order valence-electron chi connectivity index (χ1n) is 7.54. The van der Waals surface area contributed by atoms with Gasteiger partial charge in [0.2, 0.25) is 0 Å². The number of nitrogens with one attached hydrogen (secondary N) is 1. The maximum atomic E-state index is 7.53. The van der Waals surface area contributed by atoms with Crippen LogP contribution in [0.3, 0.4) is 0 Å². The van der Waals surface area contributed by atoms with Gasteiger partial charge in [0, 0.05) is 5.92 Å². The fraction of sp³-hybridized carbons (Fsp3) is 0.933. The van der Waals surface area contributed by atoms with E-state index in [9.17, 15) is 0 Å². The van der Waals surface area contributed by atoms with E-state index in [0.29, 0.717) is 11.8 Å². The molecule has 0 spiro atoms. The van der Waals surface area contributed by atoms with E-state index in [1.54, 1.807) is 0 Å².